The largest absolute Gasteiger partial charge is 0.476 e. The summed E-state index contributed by atoms with van der Waals surface area (Å²) >= 11 is 0. The Morgan fingerprint density at radius 2 is 2.10 bits per heavy atom. The van der Waals surface area contributed by atoms with Gasteiger partial charge in [0.25, 0.3) is 5.91 Å². The van der Waals surface area contributed by atoms with Gasteiger partial charge >= 0.3 is 11.9 Å². The molecule has 1 amide bonds. The number of benzene rings is 1. The zero-order valence-electron chi connectivity index (χ0n) is 15.3. The van der Waals surface area contributed by atoms with E-state index in [1.54, 1.807) is 0 Å². The van der Waals surface area contributed by atoms with Gasteiger partial charge in [0.05, 0.1) is 37.2 Å². The monoisotopic (exact) mass is 404 g/mol. The second-order valence-electron chi connectivity index (χ2n) is 6.03. The van der Waals surface area contributed by atoms with E-state index in [1.165, 1.54) is 27.9 Å². The van der Waals surface area contributed by atoms with Gasteiger partial charge in [0.2, 0.25) is 0 Å². The smallest absolute Gasteiger partial charge is 0.356 e. The van der Waals surface area contributed by atoms with E-state index in [0.717, 1.165) is 19.2 Å². The summed E-state index contributed by atoms with van der Waals surface area (Å²) in [5, 5.41) is 24.8. The number of aliphatic hydroxyl groups is 1. The maximum Gasteiger partial charge on any atom is 0.356 e. The minimum Gasteiger partial charge on any atom is -0.476 e. The number of nitrogens with zero attached hydrogens (tertiary/aromatic N) is 3. The van der Waals surface area contributed by atoms with E-state index < -0.39 is 23.7 Å². The highest BCUT2D eigenvalue weighted by molar-refractivity contribution is 6.08. The first-order valence-corrected chi connectivity index (χ1v) is 8.43. The van der Waals surface area contributed by atoms with Crippen LogP contribution in [0.1, 0.15) is 10.5 Å². The summed E-state index contributed by atoms with van der Waals surface area (Å²) in [6, 6.07) is 4.84. The SMILES string of the molecule is COC(=O)C1=C(Nc2cc(F)ccc2-n2ccc(C(=O)O)n2)C(=O)N(CCO)C1. The molecular formula is C18H17FN4O6. The third kappa shape index (κ3) is 3.94. The highest BCUT2D eigenvalue weighted by Crippen LogP contribution is 2.27. The quantitative estimate of drug-likeness (QED) is 0.564. The number of halogens is 1. The van der Waals surface area contributed by atoms with Gasteiger partial charge in [-0.15, -0.1) is 0 Å². The first-order chi connectivity index (χ1) is 13.8. The fraction of sp³-hybridized carbons (Fsp3) is 0.222. The molecule has 2 aromatic rings. The molecule has 3 rings (SSSR count). The molecule has 1 aliphatic rings. The topological polar surface area (TPSA) is 134 Å². The molecule has 11 heteroatoms. The first kappa shape index (κ1) is 20.0. The number of carboxylic acid groups (broad SMARTS) is 1. The molecule has 29 heavy (non-hydrogen) atoms. The molecule has 1 aromatic carbocycles. The minimum absolute atomic E-state index is 0.00163. The van der Waals surface area contributed by atoms with Crippen LogP contribution >= 0.6 is 0 Å². The maximum atomic E-state index is 13.9. The standard InChI is InChI=1S/C18H17FN4O6/c1-29-18(28)11-9-22(6-7-24)16(25)15(11)20-13-8-10(19)2-3-14(13)23-5-4-12(21-23)17(26)27/h2-5,8,20,24H,6-7,9H2,1H3,(H,26,27). The van der Waals surface area contributed by atoms with Crippen LogP contribution in [0, 0.1) is 5.82 Å². The molecule has 152 valence electrons. The van der Waals surface area contributed by atoms with Gasteiger partial charge < -0.3 is 25.2 Å². The van der Waals surface area contributed by atoms with Crippen LogP contribution in [0.2, 0.25) is 0 Å². The fourth-order valence-electron chi connectivity index (χ4n) is 2.86. The summed E-state index contributed by atoms with van der Waals surface area (Å²) in [6.07, 6.45) is 1.37. The average molecular weight is 404 g/mol. The Balaban J connectivity index is 2.03. The van der Waals surface area contributed by atoms with Crippen molar-refractivity contribution in [3.05, 3.63) is 53.2 Å². The number of carbonyl (C=O) groups is 3. The van der Waals surface area contributed by atoms with E-state index in [2.05, 4.69) is 10.4 Å². The number of aromatic nitrogens is 2. The van der Waals surface area contributed by atoms with Gasteiger partial charge in [-0.3, -0.25) is 4.79 Å². The predicted molar refractivity (Wildman–Crippen MR) is 96.8 cm³/mol. The second-order valence-corrected chi connectivity index (χ2v) is 6.03. The molecule has 0 aliphatic carbocycles. The zero-order chi connectivity index (χ0) is 21.1. The number of methoxy groups -OCH3 is 1. The van der Waals surface area contributed by atoms with Crippen molar-refractivity contribution in [2.24, 2.45) is 0 Å². The number of amides is 1. The lowest BCUT2D eigenvalue weighted by molar-refractivity contribution is -0.136. The van der Waals surface area contributed by atoms with Crippen molar-refractivity contribution in [2.45, 2.75) is 0 Å². The van der Waals surface area contributed by atoms with E-state index in [4.69, 9.17) is 14.9 Å². The highest BCUT2D eigenvalue weighted by Gasteiger charge is 2.34. The van der Waals surface area contributed by atoms with Crippen LogP contribution in [0.3, 0.4) is 0 Å². The van der Waals surface area contributed by atoms with Crippen LogP contribution in [0.25, 0.3) is 5.69 Å². The molecule has 0 fully saturated rings. The molecule has 10 nitrogen and oxygen atoms in total. The molecule has 1 aliphatic heterocycles. The molecular weight excluding hydrogens is 387 g/mol. The molecule has 1 aromatic heterocycles. The van der Waals surface area contributed by atoms with Gasteiger partial charge in [-0.2, -0.15) is 5.10 Å². The zero-order valence-corrected chi connectivity index (χ0v) is 15.3. The lowest BCUT2D eigenvalue weighted by Crippen LogP contribution is -2.31. The number of hydrogen-bond donors (Lipinski definition) is 3. The third-order valence-corrected chi connectivity index (χ3v) is 4.23. The fourth-order valence-corrected chi connectivity index (χ4v) is 2.86. The molecule has 0 radical (unpaired) electrons. The molecule has 0 unspecified atom stereocenters. The summed E-state index contributed by atoms with van der Waals surface area (Å²) in [7, 11) is 1.16. The van der Waals surface area contributed by atoms with Crippen LogP contribution in [-0.4, -0.2) is 69.5 Å². The number of aliphatic hydroxyl groups excluding tert-OH is 1. The Bertz CT molecular complexity index is 1020. The Kier molecular flexibility index (Phi) is 5.59. The van der Waals surface area contributed by atoms with Gasteiger partial charge in [0.15, 0.2) is 5.69 Å². The lowest BCUT2D eigenvalue weighted by atomic mass is 10.2. The number of rotatable bonds is 7. The lowest BCUT2D eigenvalue weighted by Gasteiger charge is -2.16. The molecule has 0 saturated heterocycles. The number of carboxylic acids is 1. The van der Waals surface area contributed by atoms with Crippen molar-refractivity contribution in [1.29, 1.82) is 0 Å². The molecule has 0 spiro atoms. The Labute approximate surface area is 163 Å². The van der Waals surface area contributed by atoms with Crippen LogP contribution in [0.15, 0.2) is 41.7 Å². The molecule has 0 saturated carbocycles. The van der Waals surface area contributed by atoms with Crippen molar-refractivity contribution < 1.29 is 33.7 Å². The maximum absolute atomic E-state index is 13.9. The Morgan fingerprint density at radius 1 is 1.34 bits per heavy atom. The number of carbonyl (C=O) groups excluding carboxylic acids is 2. The van der Waals surface area contributed by atoms with E-state index >= 15 is 0 Å². The van der Waals surface area contributed by atoms with E-state index in [-0.39, 0.29) is 48.0 Å². The summed E-state index contributed by atoms with van der Waals surface area (Å²) in [6.45, 7) is -0.379. The van der Waals surface area contributed by atoms with E-state index in [9.17, 15) is 18.8 Å². The van der Waals surface area contributed by atoms with Gasteiger partial charge in [0, 0.05) is 12.7 Å². The number of aromatic carboxylic acids is 1. The molecule has 0 atom stereocenters. The summed E-state index contributed by atoms with van der Waals surface area (Å²) < 4.78 is 19.8. The van der Waals surface area contributed by atoms with Crippen LogP contribution < -0.4 is 5.32 Å². The van der Waals surface area contributed by atoms with Gasteiger partial charge in [-0.25, -0.2) is 18.7 Å². The predicted octanol–water partition coefficient (Wildman–Crippen LogP) is 0.383. The summed E-state index contributed by atoms with van der Waals surface area (Å²) in [5.74, 6) is -3.17. The van der Waals surface area contributed by atoms with E-state index in [1.807, 2.05) is 0 Å². The van der Waals surface area contributed by atoms with Crippen LogP contribution in [-0.2, 0) is 14.3 Å². The van der Waals surface area contributed by atoms with Crippen molar-refractivity contribution in [3.8, 4) is 5.69 Å². The third-order valence-electron chi connectivity index (χ3n) is 4.23. The van der Waals surface area contributed by atoms with Gasteiger partial charge in [-0.1, -0.05) is 0 Å². The summed E-state index contributed by atoms with van der Waals surface area (Å²) in [4.78, 5) is 37.1. The molecule has 3 N–H and O–H groups in total. The average Bonchev–Trinajstić information content (AvgIpc) is 3.29. The Hall–Kier alpha value is -3.73. The van der Waals surface area contributed by atoms with Gasteiger partial charge in [-0.05, 0) is 24.3 Å². The summed E-state index contributed by atoms with van der Waals surface area (Å²) in [5.41, 5.74) is 0.0149. The van der Waals surface area contributed by atoms with Crippen molar-refractivity contribution in [3.63, 3.8) is 0 Å². The minimum atomic E-state index is -1.23. The number of hydrogen-bond acceptors (Lipinski definition) is 7. The Morgan fingerprint density at radius 3 is 2.72 bits per heavy atom. The van der Waals surface area contributed by atoms with Crippen LogP contribution in [0.5, 0.6) is 0 Å². The van der Waals surface area contributed by atoms with Crippen molar-refractivity contribution in [1.82, 2.24) is 14.7 Å². The first-order valence-electron chi connectivity index (χ1n) is 8.43. The molecule has 2 heterocycles. The van der Waals surface area contributed by atoms with Gasteiger partial charge in [0.1, 0.15) is 11.5 Å². The van der Waals surface area contributed by atoms with Crippen molar-refractivity contribution >= 4 is 23.5 Å². The highest BCUT2D eigenvalue weighted by atomic mass is 19.1. The normalized spacial score (nSPS) is 13.8. The van der Waals surface area contributed by atoms with Crippen molar-refractivity contribution in [2.75, 3.05) is 32.1 Å². The number of β-amino-alcohol motifs (C(OH)–C–C–N with tert-alkyl or cyclic N) is 1. The number of nitrogens with one attached hydrogen (secondary N) is 1. The number of ether oxygens (including phenoxy) is 1. The number of esters is 1. The van der Waals surface area contributed by atoms with E-state index in [0.29, 0.717) is 0 Å². The second kappa shape index (κ2) is 8.10. The number of anilines is 1. The molecule has 0 bridgehead atoms. The van der Waals surface area contributed by atoms with Crippen LogP contribution in [0.4, 0.5) is 10.1 Å².